The third-order valence-corrected chi connectivity index (χ3v) is 3.27. The van der Waals surface area contributed by atoms with Crippen LogP contribution in [0.25, 0.3) is 22.3 Å². The predicted molar refractivity (Wildman–Crippen MR) is 75.8 cm³/mol. The monoisotopic (exact) mass is 255 g/mol. The third kappa shape index (κ3) is 2.13. The number of fused-ring (bicyclic) bond motifs is 1. The van der Waals surface area contributed by atoms with Crippen molar-refractivity contribution in [3.8, 4) is 11.3 Å². The maximum atomic E-state index is 5.60. The Morgan fingerprint density at radius 1 is 1.32 bits per heavy atom. The van der Waals surface area contributed by atoms with E-state index >= 15 is 0 Å². The SMILES string of the molecule is Cc1nc2ccc(-c3cc(CCN)n(C)n3)cc2[nH]1. The van der Waals surface area contributed by atoms with Crippen LogP contribution in [0.1, 0.15) is 11.5 Å². The van der Waals surface area contributed by atoms with Crippen molar-refractivity contribution in [3.63, 3.8) is 0 Å². The smallest absolute Gasteiger partial charge is 0.104 e. The quantitative estimate of drug-likeness (QED) is 0.749. The highest BCUT2D eigenvalue weighted by Crippen LogP contribution is 2.23. The number of nitrogens with two attached hydrogens (primary N) is 1. The number of aryl methyl sites for hydroxylation is 2. The van der Waals surface area contributed by atoms with E-state index in [2.05, 4.69) is 33.3 Å². The first-order valence-electron chi connectivity index (χ1n) is 6.37. The molecule has 0 saturated carbocycles. The van der Waals surface area contributed by atoms with Crippen LogP contribution in [-0.4, -0.2) is 26.3 Å². The van der Waals surface area contributed by atoms with E-state index in [0.717, 1.165) is 40.2 Å². The topological polar surface area (TPSA) is 72.5 Å². The number of benzene rings is 1. The van der Waals surface area contributed by atoms with E-state index in [9.17, 15) is 0 Å². The number of hydrogen-bond acceptors (Lipinski definition) is 3. The highest BCUT2D eigenvalue weighted by atomic mass is 15.3. The normalized spacial score (nSPS) is 11.3. The number of imidazole rings is 1. The number of nitrogens with one attached hydrogen (secondary N) is 1. The molecule has 0 amide bonds. The second kappa shape index (κ2) is 4.51. The van der Waals surface area contributed by atoms with Gasteiger partial charge in [-0.05, 0) is 31.7 Å². The Hall–Kier alpha value is -2.14. The van der Waals surface area contributed by atoms with Gasteiger partial charge in [-0.1, -0.05) is 6.07 Å². The van der Waals surface area contributed by atoms with Gasteiger partial charge in [0.2, 0.25) is 0 Å². The first kappa shape index (κ1) is 11.9. The number of hydrogen-bond donors (Lipinski definition) is 2. The summed E-state index contributed by atoms with van der Waals surface area (Å²) < 4.78 is 1.89. The summed E-state index contributed by atoms with van der Waals surface area (Å²) in [6, 6.07) is 8.25. The molecule has 0 fully saturated rings. The van der Waals surface area contributed by atoms with Crippen LogP contribution >= 0.6 is 0 Å². The molecule has 5 heteroatoms. The number of rotatable bonds is 3. The van der Waals surface area contributed by atoms with Crippen molar-refractivity contribution in [1.29, 1.82) is 0 Å². The van der Waals surface area contributed by atoms with Crippen molar-refractivity contribution in [2.24, 2.45) is 12.8 Å². The molecular weight excluding hydrogens is 238 g/mol. The highest BCUT2D eigenvalue weighted by Gasteiger charge is 2.08. The summed E-state index contributed by atoms with van der Waals surface area (Å²) >= 11 is 0. The standard InChI is InChI=1S/C14H17N5/c1-9-16-12-4-3-10(7-14(12)17-9)13-8-11(5-6-15)19(2)18-13/h3-4,7-8H,5-6,15H2,1-2H3,(H,16,17). The van der Waals surface area contributed by atoms with E-state index < -0.39 is 0 Å². The van der Waals surface area contributed by atoms with Crippen LogP contribution in [0.2, 0.25) is 0 Å². The van der Waals surface area contributed by atoms with Gasteiger partial charge >= 0.3 is 0 Å². The molecule has 19 heavy (non-hydrogen) atoms. The van der Waals surface area contributed by atoms with Crippen LogP contribution in [0.5, 0.6) is 0 Å². The van der Waals surface area contributed by atoms with E-state index in [1.807, 2.05) is 24.7 Å². The van der Waals surface area contributed by atoms with Crippen LogP contribution in [0.3, 0.4) is 0 Å². The number of nitrogens with zero attached hydrogens (tertiary/aromatic N) is 3. The second-order valence-electron chi connectivity index (χ2n) is 4.74. The fourth-order valence-corrected chi connectivity index (χ4v) is 2.33. The summed E-state index contributed by atoms with van der Waals surface area (Å²) in [4.78, 5) is 7.65. The summed E-state index contributed by atoms with van der Waals surface area (Å²) in [6.45, 7) is 2.59. The molecular formula is C14H17N5. The summed E-state index contributed by atoms with van der Waals surface area (Å²) in [5.74, 6) is 0.928. The fourth-order valence-electron chi connectivity index (χ4n) is 2.33. The van der Waals surface area contributed by atoms with E-state index in [1.165, 1.54) is 0 Å². The molecule has 3 aromatic rings. The molecule has 5 nitrogen and oxygen atoms in total. The van der Waals surface area contributed by atoms with Crippen LogP contribution in [0, 0.1) is 6.92 Å². The Morgan fingerprint density at radius 2 is 2.16 bits per heavy atom. The Labute approximate surface area is 111 Å². The van der Waals surface area contributed by atoms with Crippen LogP contribution < -0.4 is 5.73 Å². The molecule has 2 heterocycles. The summed E-state index contributed by atoms with van der Waals surface area (Å²) in [5.41, 5.74) is 10.8. The predicted octanol–water partition coefficient (Wildman–Crippen LogP) is 1.77. The van der Waals surface area contributed by atoms with Gasteiger partial charge in [0.05, 0.1) is 16.7 Å². The molecule has 0 spiro atoms. The zero-order chi connectivity index (χ0) is 13.4. The largest absolute Gasteiger partial charge is 0.342 e. The molecule has 0 unspecified atom stereocenters. The average Bonchev–Trinajstić information content (AvgIpc) is 2.91. The molecule has 0 aliphatic rings. The van der Waals surface area contributed by atoms with Crippen LogP contribution in [0.4, 0.5) is 0 Å². The van der Waals surface area contributed by atoms with Crippen molar-refractivity contribution in [3.05, 3.63) is 35.8 Å². The van der Waals surface area contributed by atoms with Gasteiger partial charge < -0.3 is 10.7 Å². The van der Waals surface area contributed by atoms with E-state index in [1.54, 1.807) is 0 Å². The van der Waals surface area contributed by atoms with E-state index in [0.29, 0.717) is 6.54 Å². The molecule has 3 N–H and O–H groups in total. The molecule has 1 aromatic carbocycles. The van der Waals surface area contributed by atoms with Crippen molar-refractivity contribution < 1.29 is 0 Å². The minimum atomic E-state index is 0.637. The van der Waals surface area contributed by atoms with Crippen molar-refractivity contribution in [2.45, 2.75) is 13.3 Å². The van der Waals surface area contributed by atoms with Gasteiger partial charge in [-0.2, -0.15) is 5.10 Å². The molecule has 0 atom stereocenters. The lowest BCUT2D eigenvalue weighted by atomic mass is 10.1. The minimum absolute atomic E-state index is 0.637. The average molecular weight is 255 g/mol. The van der Waals surface area contributed by atoms with Gasteiger partial charge in [-0.25, -0.2) is 4.98 Å². The number of aromatic nitrogens is 4. The van der Waals surface area contributed by atoms with Crippen LogP contribution in [-0.2, 0) is 13.5 Å². The lowest BCUT2D eigenvalue weighted by Gasteiger charge is -1.96. The molecule has 0 radical (unpaired) electrons. The third-order valence-electron chi connectivity index (χ3n) is 3.27. The molecule has 0 saturated heterocycles. The molecule has 0 bridgehead atoms. The van der Waals surface area contributed by atoms with Crippen LogP contribution in [0.15, 0.2) is 24.3 Å². The molecule has 98 valence electrons. The summed E-state index contributed by atoms with van der Waals surface area (Å²) in [6.07, 6.45) is 0.842. The molecule has 2 aromatic heterocycles. The zero-order valence-electron chi connectivity index (χ0n) is 11.1. The Morgan fingerprint density at radius 3 is 2.95 bits per heavy atom. The van der Waals surface area contributed by atoms with Gasteiger partial charge in [0, 0.05) is 24.7 Å². The Kier molecular flexibility index (Phi) is 2.83. The zero-order valence-corrected chi connectivity index (χ0v) is 11.1. The molecule has 3 rings (SSSR count). The lowest BCUT2D eigenvalue weighted by Crippen LogP contribution is -2.06. The Balaban J connectivity index is 2.05. The van der Waals surface area contributed by atoms with E-state index in [4.69, 9.17) is 5.73 Å². The molecule has 0 aliphatic heterocycles. The van der Waals surface area contributed by atoms with Gasteiger partial charge in [-0.15, -0.1) is 0 Å². The summed E-state index contributed by atoms with van der Waals surface area (Å²) in [5, 5.41) is 4.54. The van der Waals surface area contributed by atoms with Gasteiger partial charge in [0.25, 0.3) is 0 Å². The Bertz CT molecular complexity index is 723. The minimum Gasteiger partial charge on any atom is -0.342 e. The van der Waals surface area contributed by atoms with Crippen molar-refractivity contribution >= 4 is 11.0 Å². The lowest BCUT2D eigenvalue weighted by molar-refractivity contribution is 0.708. The first-order chi connectivity index (χ1) is 9.17. The highest BCUT2D eigenvalue weighted by molar-refractivity contribution is 5.81. The van der Waals surface area contributed by atoms with Gasteiger partial charge in [-0.3, -0.25) is 4.68 Å². The van der Waals surface area contributed by atoms with Crippen molar-refractivity contribution in [1.82, 2.24) is 19.7 Å². The fraction of sp³-hybridized carbons (Fsp3) is 0.286. The maximum absolute atomic E-state index is 5.60. The van der Waals surface area contributed by atoms with E-state index in [-0.39, 0.29) is 0 Å². The second-order valence-corrected chi connectivity index (χ2v) is 4.74. The number of aromatic amines is 1. The first-order valence-corrected chi connectivity index (χ1v) is 6.37. The maximum Gasteiger partial charge on any atom is 0.104 e. The molecule has 0 aliphatic carbocycles. The van der Waals surface area contributed by atoms with Gasteiger partial charge in [0.15, 0.2) is 0 Å². The van der Waals surface area contributed by atoms with Crippen molar-refractivity contribution in [2.75, 3.05) is 6.54 Å². The van der Waals surface area contributed by atoms with Gasteiger partial charge in [0.1, 0.15) is 5.82 Å². The summed E-state index contributed by atoms with van der Waals surface area (Å²) in [7, 11) is 1.95. The number of H-pyrrole nitrogens is 1.